The second-order valence-electron chi connectivity index (χ2n) is 6.89. The molecule has 0 aromatic heterocycles. The summed E-state index contributed by atoms with van der Waals surface area (Å²) in [6.45, 7) is 10.1. The average molecular weight is 295 g/mol. The number of piperidine rings is 1. The lowest BCUT2D eigenvalue weighted by molar-refractivity contribution is -0.155. The summed E-state index contributed by atoms with van der Waals surface area (Å²) in [6, 6.07) is -0.527. The van der Waals surface area contributed by atoms with Gasteiger partial charge in [0.05, 0.1) is 0 Å². The Morgan fingerprint density at radius 3 is 2.57 bits per heavy atom. The number of carbonyl (C=O) groups is 2. The first-order valence-corrected chi connectivity index (χ1v) is 8.17. The number of hydrogen-bond donors (Lipinski definition) is 1. The van der Waals surface area contributed by atoms with Crippen molar-refractivity contribution in [1.82, 2.24) is 15.1 Å². The third kappa shape index (κ3) is 3.07. The zero-order valence-corrected chi connectivity index (χ0v) is 13.9. The molecule has 2 amide bonds. The molecule has 120 valence electrons. The predicted molar refractivity (Wildman–Crippen MR) is 82.8 cm³/mol. The van der Waals surface area contributed by atoms with Crippen molar-refractivity contribution in [3.05, 3.63) is 0 Å². The molecule has 0 spiro atoms. The molecular weight excluding hydrogens is 266 g/mol. The zero-order chi connectivity index (χ0) is 15.7. The summed E-state index contributed by atoms with van der Waals surface area (Å²) < 4.78 is 0. The minimum atomic E-state index is -0.356. The highest BCUT2D eigenvalue weighted by Gasteiger charge is 2.45. The first-order valence-electron chi connectivity index (χ1n) is 8.17. The van der Waals surface area contributed by atoms with Gasteiger partial charge in [-0.05, 0) is 38.8 Å². The molecule has 21 heavy (non-hydrogen) atoms. The topological polar surface area (TPSA) is 52.7 Å². The SMILES string of the molecule is CCC(C)C1NC(=O)C(C)N(C2CCN(C)CC2C)C1=O. The highest BCUT2D eigenvalue weighted by molar-refractivity contribution is 5.97. The van der Waals surface area contributed by atoms with E-state index in [1.165, 1.54) is 0 Å². The largest absolute Gasteiger partial charge is 0.342 e. The van der Waals surface area contributed by atoms with Crippen LogP contribution in [-0.2, 0) is 9.59 Å². The average Bonchev–Trinajstić information content (AvgIpc) is 2.44. The minimum Gasteiger partial charge on any atom is -0.342 e. The van der Waals surface area contributed by atoms with Crippen LogP contribution in [0.2, 0.25) is 0 Å². The van der Waals surface area contributed by atoms with Crippen molar-refractivity contribution in [2.75, 3.05) is 20.1 Å². The number of nitrogens with one attached hydrogen (secondary N) is 1. The van der Waals surface area contributed by atoms with Crippen molar-refractivity contribution >= 4 is 11.8 Å². The summed E-state index contributed by atoms with van der Waals surface area (Å²) in [7, 11) is 2.11. The zero-order valence-electron chi connectivity index (χ0n) is 13.9. The molecule has 2 saturated heterocycles. The quantitative estimate of drug-likeness (QED) is 0.848. The smallest absolute Gasteiger partial charge is 0.246 e. The van der Waals surface area contributed by atoms with Gasteiger partial charge in [0.1, 0.15) is 12.1 Å². The molecule has 5 atom stereocenters. The molecule has 5 heteroatoms. The summed E-state index contributed by atoms with van der Waals surface area (Å²) in [6.07, 6.45) is 1.84. The van der Waals surface area contributed by atoms with Gasteiger partial charge in [0.25, 0.3) is 0 Å². The van der Waals surface area contributed by atoms with Crippen LogP contribution in [0.15, 0.2) is 0 Å². The summed E-state index contributed by atoms with van der Waals surface area (Å²) in [5.74, 6) is 0.681. The molecule has 1 N–H and O–H groups in total. The van der Waals surface area contributed by atoms with Gasteiger partial charge >= 0.3 is 0 Å². The fraction of sp³-hybridized carbons (Fsp3) is 0.875. The molecule has 0 aliphatic carbocycles. The summed E-state index contributed by atoms with van der Waals surface area (Å²) in [4.78, 5) is 29.4. The number of piperazine rings is 1. The molecule has 5 nitrogen and oxygen atoms in total. The van der Waals surface area contributed by atoms with Crippen molar-refractivity contribution in [2.45, 2.75) is 58.7 Å². The maximum Gasteiger partial charge on any atom is 0.246 e. The minimum absolute atomic E-state index is 0.00831. The van der Waals surface area contributed by atoms with E-state index in [0.29, 0.717) is 5.92 Å². The monoisotopic (exact) mass is 295 g/mol. The van der Waals surface area contributed by atoms with Gasteiger partial charge in [-0.3, -0.25) is 9.59 Å². The van der Waals surface area contributed by atoms with Crippen LogP contribution in [0.4, 0.5) is 0 Å². The maximum absolute atomic E-state index is 12.9. The Hall–Kier alpha value is -1.10. The molecule has 2 heterocycles. The van der Waals surface area contributed by atoms with Crippen LogP contribution in [-0.4, -0.2) is 59.9 Å². The van der Waals surface area contributed by atoms with E-state index in [1.54, 1.807) is 0 Å². The maximum atomic E-state index is 12.9. The number of amides is 2. The van der Waals surface area contributed by atoms with Gasteiger partial charge in [0, 0.05) is 12.6 Å². The van der Waals surface area contributed by atoms with Crippen molar-refractivity contribution in [2.24, 2.45) is 11.8 Å². The second kappa shape index (κ2) is 6.34. The lowest BCUT2D eigenvalue weighted by Gasteiger charge is -2.48. The molecule has 0 aromatic carbocycles. The molecule has 0 saturated carbocycles. The number of likely N-dealkylation sites (tertiary alicyclic amines) is 1. The lowest BCUT2D eigenvalue weighted by Crippen LogP contribution is -2.68. The molecule has 2 rings (SSSR count). The third-order valence-electron chi connectivity index (χ3n) is 5.25. The van der Waals surface area contributed by atoms with Crippen molar-refractivity contribution < 1.29 is 9.59 Å². The van der Waals surface area contributed by atoms with E-state index in [0.717, 1.165) is 25.9 Å². The van der Waals surface area contributed by atoms with Gasteiger partial charge in [-0.1, -0.05) is 27.2 Å². The van der Waals surface area contributed by atoms with E-state index in [2.05, 4.69) is 31.1 Å². The number of rotatable bonds is 3. The van der Waals surface area contributed by atoms with Crippen molar-refractivity contribution in [3.8, 4) is 0 Å². The molecule has 2 fully saturated rings. The molecule has 2 aliphatic heterocycles. The summed E-state index contributed by atoms with van der Waals surface area (Å²) in [5, 5.41) is 2.92. The Morgan fingerprint density at radius 2 is 2.00 bits per heavy atom. The standard InChI is InChI=1S/C16H29N3O2/c1-6-10(2)14-16(21)19(12(4)15(20)17-14)13-7-8-18(5)9-11(13)3/h10-14H,6-9H2,1-5H3,(H,17,20). The molecule has 2 aliphatic rings. The Morgan fingerprint density at radius 1 is 1.33 bits per heavy atom. The first-order chi connectivity index (χ1) is 9.86. The summed E-state index contributed by atoms with van der Waals surface area (Å²) >= 11 is 0. The normalized spacial score (nSPS) is 36.5. The highest BCUT2D eigenvalue weighted by Crippen LogP contribution is 2.27. The lowest BCUT2D eigenvalue weighted by atomic mass is 9.87. The van der Waals surface area contributed by atoms with E-state index in [9.17, 15) is 9.59 Å². The van der Waals surface area contributed by atoms with Crippen LogP contribution in [0, 0.1) is 11.8 Å². The van der Waals surface area contributed by atoms with Gasteiger partial charge in [0.15, 0.2) is 0 Å². The van der Waals surface area contributed by atoms with Crippen LogP contribution in [0.25, 0.3) is 0 Å². The van der Waals surface area contributed by atoms with Gasteiger partial charge in [-0.15, -0.1) is 0 Å². The number of nitrogens with zero attached hydrogens (tertiary/aromatic N) is 2. The second-order valence-corrected chi connectivity index (χ2v) is 6.89. The van der Waals surface area contributed by atoms with Crippen LogP contribution < -0.4 is 5.32 Å². The predicted octanol–water partition coefficient (Wildman–Crippen LogP) is 1.09. The van der Waals surface area contributed by atoms with E-state index in [4.69, 9.17) is 0 Å². The van der Waals surface area contributed by atoms with Crippen LogP contribution in [0.1, 0.15) is 40.5 Å². The van der Waals surface area contributed by atoms with Crippen LogP contribution in [0.5, 0.6) is 0 Å². The van der Waals surface area contributed by atoms with E-state index in [1.807, 2.05) is 18.7 Å². The first kappa shape index (κ1) is 16.3. The van der Waals surface area contributed by atoms with Gasteiger partial charge in [-0.2, -0.15) is 0 Å². The Bertz CT molecular complexity index is 412. The molecule has 0 radical (unpaired) electrons. The van der Waals surface area contributed by atoms with E-state index < -0.39 is 0 Å². The molecular formula is C16H29N3O2. The van der Waals surface area contributed by atoms with Gasteiger partial charge in [-0.25, -0.2) is 0 Å². The highest BCUT2D eigenvalue weighted by atomic mass is 16.2. The van der Waals surface area contributed by atoms with Crippen molar-refractivity contribution in [3.63, 3.8) is 0 Å². The fourth-order valence-corrected chi connectivity index (χ4v) is 3.64. The third-order valence-corrected chi connectivity index (χ3v) is 5.25. The van der Waals surface area contributed by atoms with E-state index >= 15 is 0 Å². The van der Waals surface area contributed by atoms with Gasteiger partial charge in [0.2, 0.25) is 11.8 Å². The van der Waals surface area contributed by atoms with Crippen molar-refractivity contribution in [1.29, 1.82) is 0 Å². The summed E-state index contributed by atoms with van der Waals surface area (Å²) in [5.41, 5.74) is 0. The molecule has 0 bridgehead atoms. The van der Waals surface area contributed by atoms with Gasteiger partial charge < -0.3 is 15.1 Å². The fourth-order valence-electron chi connectivity index (χ4n) is 3.64. The van der Waals surface area contributed by atoms with Crippen LogP contribution in [0.3, 0.4) is 0 Å². The Labute approximate surface area is 128 Å². The number of carbonyl (C=O) groups excluding carboxylic acids is 2. The molecule has 5 unspecified atom stereocenters. The molecule has 0 aromatic rings. The number of hydrogen-bond acceptors (Lipinski definition) is 3. The van der Waals surface area contributed by atoms with Crippen LogP contribution >= 0.6 is 0 Å². The Balaban J connectivity index is 2.22. The Kier molecular flexibility index (Phi) is 4.91. The van der Waals surface area contributed by atoms with E-state index in [-0.39, 0.29) is 35.9 Å².